The zero-order chi connectivity index (χ0) is 16.2. The van der Waals surface area contributed by atoms with Gasteiger partial charge < -0.3 is 0 Å². The van der Waals surface area contributed by atoms with Crippen LogP contribution in [-0.2, 0) is 6.42 Å². The number of aryl methyl sites for hydroxylation is 1. The minimum atomic E-state index is -0.265. The van der Waals surface area contributed by atoms with Gasteiger partial charge in [-0.25, -0.2) is 0 Å². The molecular formula is C21H29ClFRb. The second-order valence-electron chi connectivity index (χ2n) is 7.97. The van der Waals surface area contributed by atoms with Crippen molar-refractivity contribution >= 4 is 11.6 Å². The Kier molecular flexibility index (Phi) is 9.47. The molecule has 0 atom stereocenters. The van der Waals surface area contributed by atoms with Crippen molar-refractivity contribution in [2.75, 3.05) is 0 Å². The first-order valence-corrected chi connectivity index (χ1v) is 9.86. The Hall–Kier alpha value is 1.25. The monoisotopic (exact) mass is 420 g/mol. The zero-order valence-corrected chi connectivity index (χ0v) is 21.0. The third-order valence-electron chi connectivity index (χ3n) is 6.41. The molecule has 2 saturated carbocycles. The van der Waals surface area contributed by atoms with Crippen molar-refractivity contribution in [1.82, 2.24) is 0 Å². The van der Waals surface area contributed by atoms with E-state index >= 15 is 0 Å². The van der Waals surface area contributed by atoms with Crippen molar-refractivity contribution in [1.29, 1.82) is 0 Å². The molecule has 24 heavy (non-hydrogen) atoms. The van der Waals surface area contributed by atoms with Gasteiger partial charge in [0.15, 0.2) is 0 Å². The van der Waals surface area contributed by atoms with Crippen molar-refractivity contribution in [3.05, 3.63) is 34.6 Å². The van der Waals surface area contributed by atoms with Gasteiger partial charge in [-0.15, -0.1) is 17.2 Å². The molecule has 0 amide bonds. The zero-order valence-electron chi connectivity index (χ0n) is 15.3. The molecule has 3 heteroatoms. The van der Waals surface area contributed by atoms with Gasteiger partial charge in [-0.05, 0) is 67.2 Å². The molecule has 1 aromatic carbocycles. The first-order valence-electron chi connectivity index (χ1n) is 9.48. The normalized spacial score (nSPS) is 30.6. The minimum Gasteiger partial charge on any atom is -0.283 e. The van der Waals surface area contributed by atoms with Crippen LogP contribution in [0, 0.1) is 35.6 Å². The third kappa shape index (κ3) is 5.88. The maximum absolute atomic E-state index is 13.9. The number of halogens is 2. The quantitative estimate of drug-likeness (QED) is 0.648. The van der Waals surface area contributed by atoms with Crippen LogP contribution in [0.3, 0.4) is 0 Å². The molecule has 2 fully saturated rings. The first-order chi connectivity index (χ1) is 11.1. The summed E-state index contributed by atoms with van der Waals surface area (Å²) in [7, 11) is 0. The van der Waals surface area contributed by atoms with E-state index < -0.39 is 0 Å². The van der Waals surface area contributed by atoms with Crippen LogP contribution >= 0.6 is 11.6 Å². The van der Waals surface area contributed by atoms with Crippen molar-refractivity contribution in [2.45, 2.75) is 71.1 Å². The summed E-state index contributed by atoms with van der Waals surface area (Å²) in [5, 5.41) is 0.137. The summed E-state index contributed by atoms with van der Waals surface area (Å²) in [5.74, 6) is 3.42. The van der Waals surface area contributed by atoms with E-state index in [1.54, 1.807) is 6.07 Å². The van der Waals surface area contributed by atoms with E-state index in [-0.39, 0.29) is 69.0 Å². The van der Waals surface area contributed by atoms with Gasteiger partial charge in [0.05, 0.1) is 0 Å². The van der Waals surface area contributed by atoms with Crippen molar-refractivity contribution in [2.24, 2.45) is 23.7 Å². The van der Waals surface area contributed by atoms with Crippen LogP contribution in [0.2, 0.25) is 5.02 Å². The van der Waals surface area contributed by atoms with Crippen LogP contribution in [0.1, 0.15) is 70.3 Å². The van der Waals surface area contributed by atoms with E-state index in [0.29, 0.717) is 0 Å². The molecule has 3 rings (SSSR count). The Morgan fingerprint density at radius 2 is 1.62 bits per heavy atom. The predicted octanol–water partition coefficient (Wildman–Crippen LogP) is 3.85. The van der Waals surface area contributed by atoms with Crippen LogP contribution < -0.4 is 58.2 Å². The van der Waals surface area contributed by atoms with E-state index in [4.69, 9.17) is 11.6 Å². The molecule has 0 bridgehead atoms. The molecule has 128 valence electrons. The van der Waals surface area contributed by atoms with Gasteiger partial charge in [-0.3, -0.25) is 4.39 Å². The molecule has 1 aromatic rings. The number of hydrogen-bond acceptors (Lipinski definition) is 0. The predicted molar refractivity (Wildman–Crippen MR) is 95.1 cm³/mol. The fraction of sp³-hybridized carbons (Fsp3) is 0.714. The molecule has 0 heterocycles. The smallest absolute Gasteiger partial charge is 0.283 e. The van der Waals surface area contributed by atoms with Crippen molar-refractivity contribution in [3.8, 4) is 0 Å². The van der Waals surface area contributed by atoms with Gasteiger partial charge >= 0.3 is 58.2 Å². The van der Waals surface area contributed by atoms with Crippen LogP contribution in [0.5, 0.6) is 0 Å². The molecule has 0 saturated heterocycles. The summed E-state index contributed by atoms with van der Waals surface area (Å²) >= 11 is 5.82. The van der Waals surface area contributed by atoms with Gasteiger partial charge in [0.2, 0.25) is 0 Å². The second-order valence-corrected chi connectivity index (χ2v) is 8.35. The molecular weight excluding hydrogens is 392 g/mol. The molecule has 0 N–H and O–H groups in total. The third-order valence-corrected chi connectivity index (χ3v) is 6.68. The summed E-state index contributed by atoms with van der Waals surface area (Å²) in [6.45, 7) is 2.40. The van der Waals surface area contributed by atoms with Crippen molar-refractivity contribution in [3.63, 3.8) is 0 Å². The van der Waals surface area contributed by atoms with Crippen LogP contribution in [0.15, 0.2) is 12.1 Å². The topological polar surface area (TPSA) is 0 Å². The van der Waals surface area contributed by atoms with E-state index in [1.165, 1.54) is 51.4 Å². The van der Waals surface area contributed by atoms with E-state index in [1.807, 2.05) is 6.07 Å². The van der Waals surface area contributed by atoms with Crippen LogP contribution in [0.25, 0.3) is 0 Å². The first kappa shape index (κ1) is 21.5. The summed E-state index contributed by atoms with van der Waals surface area (Å²) in [5.41, 5.74) is 0.761. The standard InChI is InChI=1S/C21H29ClF.Rb/c1-15-5-10-17(11-6-15)18-12-7-16(8-13-18)9-14-19-3-2-4-20(22)21(19)23;/h2-3,15-18H,5-14H2,1H3;/q-1;+1. The van der Waals surface area contributed by atoms with Gasteiger partial charge in [0, 0.05) is 5.82 Å². The maximum atomic E-state index is 13.9. The average molecular weight is 421 g/mol. The summed E-state index contributed by atoms with van der Waals surface area (Å²) in [6.07, 6.45) is 13.2. The van der Waals surface area contributed by atoms with Gasteiger partial charge in [0.25, 0.3) is 0 Å². The van der Waals surface area contributed by atoms with E-state index in [9.17, 15) is 4.39 Å². The summed E-state index contributed by atoms with van der Waals surface area (Å²) in [4.78, 5) is 0. The number of hydrogen-bond donors (Lipinski definition) is 0. The Labute approximate surface area is 201 Å². The molecule has 0 radical (unpaired) electrons. The van der Waals surface area contributed by atoms with Gasteiger partial charge in [-0.2, -0.15) is 18.2 Å². The number of rotatable bonds is 4. The fourth-order valence-corrected chi connectivity index (χ4v) is 4.94. The molecule has 2 aliphatic rings. The van der Waals surface area contributed by atoms with Gasteiger partial charge in [-0.1, -0.05) is 32.6 Å². The Balaban J connectivity index is 0.00000208. The maximum Gasteiger partial charge on any atom is 1.00 e. The largest absolute Gasteiger partial charge is 1.00 e. The van der Waals surface area contributed by atoms with E-state index in [0.717, 1.165) is 42.1 Å². The molecule has 0 aromatic heterocycles. The van der Waals surface area contributed by atoms with Crippen LogP contribution in [-0.4, -0.2) is 0 Å². The second kappa shape index (κ2) is 10.5. The van der Waals surface area contributed by atoms with Gasteiger partial charge in [0.1, 0.15) is 0 Å². The average Bonchev–Trinajstić information content (AvgIpc) is 2.57. The molecule has 0 spiro atoms. The number of benzene rings is 1. The summed E-state index contributed by atoms with van der Waals surface area (Å²) < 4.78 is 13.9. The van der Waals surface area contributed by atoms with E-state index in [2.05, 4.69) is 13.0 Å². The fourth-order valence-electron chi connectivity index (χ4n) is 4.75. The Morgan fingerprint density at radius 1 is 1.04 bits per heavy atom. The summed E-state index contributed by atoms with van der Waals surface area (Å²) in [6, 6.07) is 6.28. The Morgan fingerprint density at radius 3 is 2.25 bits per heavy atom. The van der Waals surface area contributed by atoms with Crippen LogP contribution in [0.4, 0.5) is 4.39 Å². The van der Waals surface area contributed by atoms with Crippen molar-refractivity contribution < 1.29 is 62.6 Å². The minimum absolute atomic E-state index is 0. The molecule has 0 aliphatic heterocycles. The Bertz CT molecular complexity index is 503. The molecule has 0 nitrogen and oxygen atoms in total. The molecule has 0 unspecified atom stereocenters. The SMILES string of the molecule is CC1CCC(C2CCC(CCc3cc[c-]c(Cl)c3F)CC2)CC1.[Rb+]. The molecule has 2 aliphatic carbocycles.